The lowest BCUT2D eigenvalue weighted by Crippen LogP contribution is -2.13. The topological polar surface area (TPSA) is 66.4 Å². The lowest BCUT2D eigenvalue weighted by Gasteiger charge is -2.08. The molecule has 0 aliphatic rings. The van der Waals surface area contributed by atoms with Crippen molar-refractivity contribution in [2.75, 3.05) is 4.72 Å². The maximum atomic E-state index is 13.3. The summed E-state index contributed by atoms with van der Waals surface area (Å²) in [7, 11) is -3.89. The normalized spacial score (nSPS) is 11.3. The lowest BCUT2D eigenvalue weighted by atomic mass is 10.3. The molecule has 0 aromatic heterocycles. The Morgan fingerprint density at radius 2 is 1.89 bits per heavy atom. The number of rotatable bonds is 3. The molecular weight excluding hydrogens is 337 g/mol. The van der Waals surface area contributed by atoms with Gasteiger partial charge < -0.3 is 5.11 Å². The minimum absolute atomic E-state index is 0.0674. The number of sulfonamides is 1. The average Bonchev–Trinajstić information content (AvgIpc) is 2.32. The van der Waals surface area contributed by atoms with Gasteiger partial charge in [-0.2, -0.15) is 0 Å². The maximum Gasteiger partial charge on any atom is 0.261 e. The van der Waals surface area contributed by atoms with E-state index in [1.807, 2.05) is 0 Å². The van der Waals surface area contributed by atoms with E-state index in [1.54, 1.807) is 0 Å². The van der Waals surface area contributed by atoms with Gasteiger partial charge in [0.05, 0.1) is 15.1 Å². The molecule has 0 fully saturated rings. The molecule has 0 saturated carbocycles. The summed E-state index contributed by atoms with van der Waals surface area (Å²) in [6.45, 7) is 0. The van der Waals surface area contributed by atoms with Crippen molar-refractivity contribution < 1.29 is 17.9 Å². The van der Waals surface area contributed by atoms with Crippen LogP contribution in [-0.2, 0) is 10.0 Å². The van der Waals surface area contributed by atoms with Crippen LogP contribution in [-0.4, -0.2) is 13.5 Å². The fraction of sp³-hybridized carbons (Fsp3) is 0. The third-order valence-electron chi connectivity index (χ3n) is 2.30. The van der Waals surface area contributed by atoms with E-state index in [0.717, 1.165) is 6.07 Å². The third kappa shape index (κ3) is 3.24. The van der Waals surface area contributed by atoms with E-state index in [4.69, 9.17) is 0 Å². The predicted octanol–water partition coefficient (Wildman–Crippen LogP) is 3.09. The first-order chi connectivity index (χ1) is 8.88. The number of aromatic hydroxyl groups is 1. The average molecular weight is 346 g/mol. The standard InChI is InChI=1S/C12H9BrFNO3S/c13-11-5-4-10(7-12(11)14)19(17,18)15-8-2-1-3-9(16)6-8/h1-7,15-16H. The second-order valence-corrected chi connectivity index (χ2v) is 6.27. The number of nitrogens with one attached hydrogen (secondary N) is 1. The van der Waals surface area contributed by atoms with E-state index in [-0.39, 0.29) is 20.8 Å². The Labute approximate surface area is 118 Å². The number of hydrogen-bond acceptors (Lipinski definition) is 3. The largest absolute Gasteiger partial charge is 0.508 e. The van der Waals surface area contributed by atoms with Crippen molar-refractivity contribution in [1.29, 1.82) is 0 Å². The van der Waals surface area contributed by atoms with Gasteiger partial charge >= 0.3 is 0 Å². The van der Waals surface area contributed by atoms with Gasteiger partial charge in [0.2, 0.25) is 0 Å². The van der Waals surface area contributed by atoms with Gasteiger partial charge in [-0.05, 0) is 46.3 Å². The Morgan fingerprint density at radius 3 is 2.53 bits per heavy atom. The van der Waals surface area contributed by atoms with Crippen molar-refractivity contribution in [3.8, 4) is 5.75 Å². The number of halogens is 2. The van der Waals surface area contributed by atoms with Crippen molar-refractivity contribution >= 4 is 31.6 Å². The Hall–Kier alpha value is -1.60. The monoisotopic (exact) mass is 345 g/mol. The smallest absolute Gasteiger partial charge is 0.261 e. The zero-order chi connectivity index (χ0) is 14.0. The molecule has 0 heterocycles. The van der Waals surface area contributed by atoms with Crippen molar-refractivity contribution in [3.05, 3.63) is 52.8 Å². The summed E-state index contributed by atoms with van der Waals surface area (Å²) in [5, 5.41) is 9.26. The highest BCUT2D eigenvalue weighted by Crippen LogP contribution is 2.23. The Morgan fingerprint density at radius 1 is 1.16 bits per heavy atom. The quantitative estimate of drug-likeness (QED) is 0.898. The first-order valence-electron chi connectivity index (χ1n) is 5.15. The van der Waals surface area contributed by atoms with Gasteiger partial charge in [-0.15, -0.1) is 0 Å². The Kier molecular flexibility index (Phi) is 3.77. The van der Waals surface area contributed by atoms with Crippen LogP contribution in [0.2, 0.25) is 0 Å². The Balaban J connectivity index is 2.35. The molecular formula is C12H9BrFNO3S. The molecule has 0 saturated heterocycles. The van der Waals surface area contributed by atoms with Crippen LogP contribution >= 0.6 is 15.9 Å². The van der Waals surface area contributed by atoms with Crippen molar-refractivity contribution in [3.63, 3.8) is 0 Å². The minimum Gasteiger partial charge on any atom is -0.508 e. The molecule has 4 nitrogen and oxygen atoms in total. The second-order valence-electron chi connectivity index (χ2n) is 3.73. The van der Waals surface area contributed by atoms with E-state index < -0.39 is 15.8 Å². The Bertz CT molecular complexity index is 719. The molecule has 0 bridgehead atoms. The lowest BCUT2D eigenvalue weighted by molar-refractivity contribution is 0.475. The summed E-state index contributed by atoms with van der Waals surface area (Å²) in [6.07, 6.45) is 0. The van der Waals surface area contributed by atoms with Crippen LogP contribution in [0.5, 0.6) is 5.75 Å². The van der Waals surface area contributed by atoms with E-state index in [2.05, 4.69) is 20.7 Å². The molecule has 2 N–H and O–H groups in total. The van der Waals surface area contributed by atoms with Gasteiger partial charge in [-0.3, -0.25) is 4.72 Å². The molecule has 0 radical (unpaired) electrons. The summed E-state index contributed by atoms with van der Waals surface area (Å²) in [6, 6.07) is 9.14. The van der Waals surface area contributed by atoms with Crippen LogP contribution in [0.1, 0.15) is 0 Å². The molecule has 2 aromatic carbocycles. The molecule has 2 aromatic rings. The van der Waals surface area contributed by atoms with Gasteiger partial charge in [0.15, 0.2) is 0 Å². The van der Waals surface area contributed by atoms with Gasteiger partial charge in [0.25, 0.3) is 10.0 Å². The summed E-state index contributed by atoms with van der Waals surface area (Å²) in [4.78, 5) is -0.198. The molecule has 2 rings (SSSR count). The second kappa shape index (κ2) is 5.18. The van der Waals surface area contributed by atoms with Crippen LogP contribution in [0, 0.1) is 5.82 Å². The SMILES string of the molecule is O=S(=O)(Nc1cccc(O)c1)c1ccc(Br)c(F)c1. The van der Waals surface area contributed by atoms with Crippen LogP contribution in [0.25, 0.3) is 0 Å². The molecule has 0 unspecified atom stereocenters. The molecule has 0 spiro atoms. The molecule has 0 atom stereocenters. The predicted molar refractivity (Wildman–Crippen MR) is 73.0 cm³/mol. The summed E-state index contributed by atoms with van der Waals surface area (Å²) < 4.78 is 39.8. The van der Waals surface area contributed by atoms with Gasteiger partial charge in [0, 0.05) is 6.07 Å². The van der Waals surface area contributed by atoms with Crippen molar-refractivity contribution in [1.82, 2.24) is 0 Å². The van der Waals surface area contributed by atoms with Gasteiger partial charge in [0.1, 0.15) is 11.6 Å². The number of benzene rings is 2. The fourth-order valence-corrected chi connectivity index (χ4v) is 2.74. The number of phenolic OH excluding ortho intramolecular Hbond substituents is 1. The number of phenols is 1. The van der Waals surface area contributed by atoms with E-state index in [9.17, 15) is 17.9 Å². The molecule has 7 heteroatoms. The molecule has 19 heavy (non-hydrogen) atoms. The molecule has 100 valence electrons. The zero-order valence-electron chi connectivity index (χ0n) is 9.47. The molecule has 0 aliphatic carbocycles. The van der Waals surface area contributed by atoms with Crippen LogP contribution in [0.4, 0.5) is 10.1 Å². The zero-order valence-corrected chi connectivity index (χ0v) is 11.9. The maximum absolute atomic E-state index is 13.3. The van der Waals surface area contributed by atoms with E-state index >= 15 is 0 Å². The van der Waals surface area contributed by atoms with Crippen LogP contribution in [0.15, 0.2) is 51.8 Å². The first kappa shape index (κ1) is 13.8. The number of hydrogen-bond donors (Lipinski definition) is 2. The molecule has 0 amide bonds. The third-order valence-corrected chi connectivity index (χ3v) is 4.32. The molecule has 0 aliphatic heterocycles. The highest BCUT2D eigenvalue weighted by atomic mass is 79.9. The van der Waals surface area contributed by atoms with Crippen LogP contribution in [0.3, 0.4) is 0 Å². The van der Waals surface area contributed by atoms with Crippen molar-refractivity contribution in [2.45, 2.75) is 4.90 Å². The minimum atomic E-state index is -3.89. The highest BCUT2D eigenvalue weighted by molar-refractivity contribution is 9.10. The summed E-state index contributed by atoms with van der Waals surface area (Å²) >= 11 is 2.95. The first-order valence-corrected chi connectivity index (χ1v) is 7.43. The fourth-order valence-electron chi connectivity index (χ4n) is 1.43. The van der Waals surface area contributed by atoms with Gasteiger partial charge in [-0.25, -0.2) is 12.8 Å². The van der Waals surface area contributed by atoms with E-state index in [0.29, 0.717) is 0 Å². The van der Waals surface area contributed by atoms with Gasteiger partial charge in [-0.1, -0.05) is 6.07 Å². The summed E-state index contributed by atoms with van der Waals surface area (Å²) in [5.74, 6) is -0.735. The highest BCUT2D eigenvalue weighted by Gasteiger charge is 2.16. The van der Waals surface area contributed by atoms with Crippen LogP contribution < -0.4 is 4.72 Å². The summed E-state index contributed by atoms with van der Waals surface area (Å²) in [5.41, 5.74) is 0.198. The van der Waals surface area contributed by atoms with Crippen molar-refractivity contribution in [2.24, 2.45) is 0 Å². The number of anilines is 1. The van der Waals surface area contributed by atoms with E-state index in [1.165, 1.54) is 36.4 Å².